The van der Waals surface area contributed by atoms with Crippen molar-refractivity contribution < 1.29 is 8.42 Å². The Labute approximate surface area is 99.7 Å². The van der Waals surface area contributed by atoms with Gasteiger partial charge in [0.2, 0.25) is 0 Å². The van der Waals surface area contributed by atoms with Crippen molar-refractivity contribution in [3.8, 4) is 0 Å². The maximum absolute atomic E-state index is 12.0. The third kappa shape index (κ3) is 2.38. The van der Waals surface area contributed by atoms with E-state index in [4.69, 9.17) is 0 Å². The summed E-state index contributed by atoms with van der Waals surface area (Å²) in [6.07, 6.45) is 5.00. The molecule has 4 nitrogen and oxygen atoms in total. The lowest BCUT2D eigenvalue weighted by Crippen LogP contribution is -2.57. The molecular weight excluding hydrogens is 280 g/mol. The van der Waals surface area contributed by atoms with Gasteiger partial charge in [0, 0.05) is 24.0 Å². The summed E-state index contributed by atoms with van der Waals surface area (Å²) in [6, 6.07) is 0. The summed E-state index contributed by atoms with van der Waals surface area (Å²) in [6.45, 7) is 1.35. The number of nitrogens with one attached hydrogen (secondary N) is 1. The molecule has 1 N–H and O–H groups in total. The molecule has 2 aliphatic rings. The van der Waals surface area contributed by atoms with Crippen LogP contribution in [0.3, 0.4) is 0 Å². The number of nitrogens with zero attached hydrogens (tertiary/aromatic N) is 1. The fourth-order valence-electron chi connectivity index (χ4n) is 2.13. The number of hydrogen-bond acceptors (Lipinski definition) is 2. The van der Waals surface area contributed by atoms with Crippen molar-refractivity contribution in [1.29, 1.82) is 0 Å². The van der Waals surface area contributed by atoms with Crippen LogP contribution in [-0.2, 0) is 10.2 Å². The summed E-state index contributed by atoms with van der Waals surface area (Å²) in [5.74, 6) is 0. The summed E-state index contributed by atoms with van der Waals surface area (Å²) in [5, 5.41) is 0.715. The highest BCUT2D eigenvalue weighted by molar-refractivity contribution is 9.09. The van der Waals surface area contributed by atoms with Gasteiger partial charge < -0.3 is 0 Å². The Morgan fingerprint density at radius 1 is 1.20 bits per heavy atom. The smallest absolute Gasteiger partial charge is 0.195 e. The molecule has 0 spiro atoms. The van der Waals surface area contributed by atoms with Crippen LogP contribution in [0.1, 0.15) is 32.1 Å². The number of hydrogen-bond donors (Lipinski definition) is 1. The lowest BCUT2D eigenvalue weighted by molar-refractivity contribution is 0.250. The molecule has 1 saturated carbocycles. The van der Waals surface area contributed by atoms with Crippen LogP contribution >= 0.6 is 15.9 Å². The van der Waals surface area contributed by atoms with Crippen molar-refractivity contribution in [3.05, 3.63) is 0 Å². The van der Waals surface area contributed by atoms with Gasteiger partial charge in [0.05, 0.1) is 0 Å². The molecular formula is C9H17BrN2O2S. The molecule has 1 saturated heterocycles. The van der Waals surface area contributed by atoms with E-state index in [9.17, 15) is 8.42 Å². The summed E-state index contributed by atoms with van der Waals surface area (Å²) in [5.41, 5.74) is -0.207. The van der Waals surface area contributed by atoms with Crippen LogP contribution in [-0.4, -0.2) is 36.7 Å². The van der Waals surface area contributed by atoms with Gasteiger partial charge in [0.1, 0.15) is 0 Å². The maximum Gasteiger partial charge on any atom is 0.279 e. The van der Waals surface area contributed by atoms with Gasteiger partial charge >= 0.3 is 0 Å². The highest BCUT2D eigenvalue weighted by atomic mass is 79.9. The molecule has 0 aromatic heterocycles. The van der Waals surface area contributed by atoms with Crippen LogP contribution in [0.2, 0.25) is 0 Å². The van der Waals surface area contributed by atoms with Crippen molar-refractivity contribution >= 4 is 26.1 Å². The van der Waals surface area contributed by atoms with E-state index in [1.54, 1.807) is 4.31 Å². The third-order valence-corrected chi connectivity index (χ3v) is 6.13. The molecule has 1 aliphatic carbocycles. The zero-order chi connectivity index (χ0) is 10.9. The first kappa shape index (κ1) is 11.8. The Kier molecular flexibility index (Phi) is 3.40. The van der Waals surface area contributed by atoms with Gasteiger partial charge in [-0.3, -0.25) is 0 Å². The summed E-state index contributed by atoms with van der Waals surface area (Å²) < 4.78 is 28.4. The van der Waals surface area contributed by atoms with Crippen molar-refractivity contribution in [2.24, 2.45) is 0 Å². The fourth-order valence-corrected chi connectivity index (χ4v) is 4.71. The summed E-state index contributed by atoms with van der Waals surface area (Å²) in [7, 11) is -3.24. The molecule has 0 aromatic carbocycles. The van der Waals surface area contributed by atoms with Gasteiger partial charge in [-0.25, -0.2) is 0 Å². The van der Waals surface area contributed by atoms with E-state index in [0.717, 1.165) is 32.1 Å². The highest BCUT2D eigenvalue weighted by Gasteiger charge is 2.41. The molecule has 0 radical (unpaired) electrons. The molecule has 0 aromatic rings. The van der Waals surface area contributed by atoms with Crippen molar-refractivity contribution in [3.63, 3.8) is 0 Å². The minimum absolute atomic E-state index is 0.207. The molecule has 2 fully saturated rings. The third-order valence-electron chi connectivity index (χ3n) is 3.32. The van der Waals surface area contributed by atoms with Crippen molar-refractivity contribution in [2.75, 3.05) is 18.4 Å². The Bertz CT molecular complexity index is 315. The summed E-state index contributed by atoms with van der Waals surface area (Å²) in [4.78, 5) is 0. The van der Waals surface area contributed by atoms with Crippen LogP contribution in [0.5, 0.6) is 0 Å². The number of halogens is 1. The second-order valence-corrected chi connectivity index (χ2v) is 6.71. The molecule has 0 unspecified atom stereocenters. The van der Waals surface area contributed by atoms with E-state index >= 15 is 0 Å². The average Bonchev–Trinajstić information content (AvgIpc) is 2.64. The molecule has 0 atom stereocenters. The molecule has 88 valence electrons. The fraction of sp³-hybridized carbons (Fsp3) is 1.00. The van der Waals surface area contributed by atoms with Crippen LogP contribution in [0.4, 0.5) is 0 Å². The van der Waals surface area contributed by atoms with E-state index in [1.807, 2.05) is 0 Å². The second-order valence-electron chi connectivity index (χ2n) is 4.48. The first-order valence-corrected chi connectivity index (χ1v) is 7.99. The normalized spacial score (nSPS) is 26.5. The molecule has 15 heavy (non-hydrogen) atoms. The predicted molar refractivity (Wildman–Crippen MR) is 63.2 cm³/mol. The first-order chi connectivity index (χ1) is 7.08. The zero-order valence-corrected chi connectivity index (χ0v) is 11.1. The van der Waals surface area contributed by atoms with Gasteiger partial charge in [-0.1, -0.05) is 15.9 Å². The van der Waals surface area contributed by atoms with E-state index in [1.165, 1.54) is 0 Å². The van der Waals surface area contributed by atoms with Gasteiger partial charge in [0.25, 0.3) is 10.2 Å². The van der Waals surface area contributed by atoms with Gasteiger partial charge in [0.15, 0.2) is 0 Å². The zero-order valence-electron chi connectivity index (χ0n) is 8.71. The Balaban J connectivity index is 2.03. The van der Waals surface area contributed by atoms with E-state index in [2.05, 4.69) is 20.7 Å². The minimum atomic E-state index is -3.24. The topological polar surface area (TPSA) is 49.4 Å². The SMILES string of the molecule is O=S(=O)(NC1(CBr)CCC1)N1CCCC1. The molecule has 0 amide bonds. The Morgan fingerprint density at radius 3 is 2.20 bits per heavy atom. The summed E-state index contributed by atoms with van der Waals surface area (Å²) >= 11 is 3.40. The quantitative estimate of drug-likeness (QED) is 0.794. The van der Waals surface area contributed by atoms with Gasteiger partial charge in [-0.2, -0.15) is 17.4 Å². The molecule has 1 aliphatic heterocycles. The predicted octanol–water partition coefficient (Wildman–Crippen LogP) is 1.23. The molecule has 6 heteroatoms. The number of alkyl halides is 1. The molecule has 2 rings (SSSR count). The standard InChI is InChI=1S/C9H17BrN2O2S/c10-8-9(4-3-5-9)11-15(13,14)12-6-1-2-7-12/h11H,1-8H2. The van der Waals surface area contributed by atoms with Crippen molar-refractivity contribution in [2.45, 2.75) is 37.6 Å². The van der Waals surface area contributed by atoms with E-state index in [-0.39, 0.29) is 5.54 Å². The van der Waals surface area contributed by atoms with E-state index in [0.29, 0.717) is 18.4 Å². The number of rotatable bonds is 4. The lowest BCUT2D eigenvalue weighted by Gasteiger charge is -2.41. The average molecular weight is 297 g/mol. The van der Waals surface area contributed by atoms with Crippen LogP contribution in [0, 0.1) is 0 Å². The largest absolute Gasteiger partial charge is 0.279 e. The van der Waals surface area contributed by atoms with Gasteiger partial charge in [-0.05, 0) is 32.1 Å². The van der Waals surface area contributed by atoms with E-state index < -0.39 is 10.2 Å². The Morgan fingerprint density at radius 2 is 1.80 bits per heavy atom. The Hall–Kier alpha value is 0.350. The maximum atomic E-state index is 12.0. The molecule has 1 heterocycles. The van der Waals surface area contributed by atoms with Crippen molar-refractivity contribution in [1.82, 2.24) is 9.03 Å². The van der Waals surface area contributed by atoms with Crippen LogP contribution in [0.25, 0.3) is 0 Å². The first-order valence-electron chi connectivity index (χ1n) is 5.43. The highest BCUT2D eigenvalue weighted by Crippen LogP contribution is 2.34. The molecule has 0 bridgehead atoms. The van der Waals surface area contributed by atoms with Crippen LogP contribution in [0.15, 0.2) is 0 Å². The minimum Gasteiger partial charge on any atom is -0.195 e. The van der Waals surface area contributed by atoms with Crippen LogP contribution < -0.4 is 4.72 Å². The van der Waals surface area contributed by atoms with Gasteiger partial charge in [-0.15, -0.1) is 0 Å². The lowest BCUT2D eigenvalue weighted by atomic mass is 9.80. The monoisotopic (exact) mass is 296 g/mol. The second kappa shape index (κ2) is 4.31.